The molecule has 0 saturated heterocycles. The van der Waals surface area contributed by atoms with E-state index in [9.17, 15) is 5.11 Å². The van der Waals surface area contributed by atoms with E-state index in [0.717, 1.165) is 19.3 Å². The molecule has 0 fully saturated rings. The van der Waals surface area contributed by atoms with Crippen molar-refractivity contribution in [2.45, 2.75) is 64.6 Å². The smallest absolute Gasteiger partial charge is 0.0827 e. The van der Waals surface area contributed by atoms with Crippen LogP contribution in [0.4, 0.5) is 0 Å². The minimum atomic E-state index is -0.271. The van der Waals surface area contributed by atoms with Crippen molar-refractivity contribution in [1.29, 1.82) is 0 Å². The van der Waals surface area contributed by atoms with Gasteiger partial charge in [-0.25, -0.2) is 0 Å². The van der Waals surface area contributed by atoms with Crippen LogP contribution in [-0.2, 0) is 4.74 Å². The number of aliphatic hydroxyl groups is 1. The van der Waals surface area contributed by atoms with Gasteiger partial charge in [0.05, 0.1) is 12.2 Å². The summed E-state index contributed by atoms with van der Waals surface area (Å²) in [6, 6.07) is 0. The molecule has 0 saturated carbocycles. The third-order valence-electron chi connectivity index (χ3n) is 2.49. The molecule has 0 aromatic carbocycles. The van der Waals surface area contributed by atoms with E-state index in [-0.39, 0.29) is 12.2 Å². The molecule has 80 valence electrons. The minimum absolute atomic E-state index is 0.0293. The van der Waals surface area contributed by atoms with Crippen molar-refractivity contribution in [2.75, 3.05) is 7.11 Å². The van der Waals surface area contributed by atoms with Crippen LogP contribution in [0.3, 0.4) is 0 Å². The van der Waals surface area contributed by atoms with Crippen molar-refractivity contribution in [3.05, 3.63) is 0 Å². The van der Waals surface area contributed by atoms with Gasteiger partial charge in [-0.1, -0.05) is 39.5 Å². The van der Waals surface area contributed by atoms with Crippen LogP contribution in [-0.4, -0.2) is 24.4 Å². The molecule has 0 rings (SSSR count). The van der Waals surface area contributed by atoms with Gasteiger partial charge in [-0.05, 0) is 12.8 Å². The van der Waals surface area contributed by atoms with Gasteiger partial charge in [-0.3, -0.25) is 0 Å². The van der Waals surface area contributed by atoms with E-state index in [1.54, 1.807) is 7.11 Å². The molecule has 13 heavy (non-hydrogen) atoms. The van der Waals surface area contributed by atoms with Gasteiger partial charge >= 0.3 is 0 Å². The number of aliphatic hydroxyl groups excluding tert-OH is 1. The highest BCUT2D eigenvalue weighted by atomic mass is 16.5. The molecule has 1 N–H and O–H groups in total. The Hall–Kier alpha value is -0.0800. The first-order valence-electron chi connectivity index (χ1n) is 5.47. The van der Waals surface area contributed by atoms with E-state index >= 15 is 0 Å². The Bertz CT molecular complexity index is 100. The SMILES string of the molecule is CCCCCCC(O)C(CC)OC. The van der Waals surface area contributed by atoms with E-state index in [1.165, 1.54) is 19.3 Å². The van der Waals surface area contributed by atoms with Crippen molar-refractivity contribution in [3.8, 4) is 0 Å². The lowest BCUT2D eigenvalue weighted by Crippen LogP contribution is -2.27. The Morgan fingerprint density at radius 3 is 2.31 bits per heavy atom. The van der Waals surface area contributed by atoms with Gasteiger partial charge in [-0.15, -0.1) is 0 Å². The second-order valence-electron chi connectivity index (χ2n) is 3.60. The van der Waals surface area contributed by atoms with Gasteiger partial charge in [0.1, 0.15) is 0 Å². The van der Waals surface area contributed by atoms with Crippen LogP contribution < -0.4 is 0 Å². The average Bonchev–Trinajstić information content (AvgIpc) is 2.14. The highest BCUT2D eigenvalue weighted by Gasteiger charge is 2.15. The third-order valence-corrected chi connectivity index (χ3v) is 2.49. The standard InChI is InChI=1S/C11H24O2/c1-4-6-7-8-9-10(12)11(5-2)13-3/h10-12H,4-9H2,1-3H3. The molecular weight excluding hydrogens is 164 g/mol. The first-order valence-corrected chi connectivity index (χ1v) is 5.47. The topological polar surface area (TPSA) is 29.5 Å². The Morgan fingerprint density at radius 2 is 1.85 bits per heavy atom. The van der Waals surface area contributed by atoms with Gasteiger partial charge in [0, 0.05) is 7.11 Å². The highest BCUT2D eigenvalue weighted by molar-refractivity contribution is 4.66. The Labute approximate surface area is 82.3 Å². The molecule has 0 aliphatic rings. The third kappa shape index (κ3) is 6.05. The summed E-state index contributed by atoms with van der Waals surface area (Å²) in [7, 11) is 1.67. The van der Waals surface area contributed by atoms with Crippen molar-refractivity contribution in [1.82, 2.24) is 0 Å². The zero-order chi connectivity index (χ0) is 10.1. The van der Waals surface area contributed by atoms with Crippen LogP contribution in [0.5, 0.6) is 0 Å². The van der Waals surface area contributed by atoms with Gasteiger partial charge < -0.3 is 9.84 Å². The molecule has 0 aromatic heterocycles. The summed E-state index contributed by atoms with van der Waals surface area (Å²) in [4.78, 5) is 0. The second kappa shape index (κ2) is 8.52. The predicted octanol–water partition coefficient (Wildman–Crippen LogP) is 2.74. The van der Waals surface area contributed by atoms with E-state index in [4.69, 9.17) is 4.74 Å². The van der Waals surface area contributed by atoms with Crippen LogP contribution in [0.1, 0.15) is 52.4 Å². The number of ether oxygens (including phenoxy) is 1. The van der Waals surface area contributed by atoms with Crippen molar-refractivity contribution in [3.63, 3.8) is 0 Å². The molecule has 2 heteroatoms. The zero-order valence-electron chi connectivity index (χ0n) is 9.25. The van der Waals surface area contributed by atoms with Crippen LogP contribution in [0.2, 0.25) is 0 Å². The summed E-state index contributed by atoms with van der Waals surface area (Å²) >= 11 is 0. The monoisotopic (exact) mass is 188 g/mol. The number of hydrogen-bond acceptors (Lipinski definition) is 2. The lowest BCUT2D eigenvalue weighted by atomic mass is 10.0. The maximum atomic E-state index is 9.68. The molecule has 0 aliphatic heterocycles. The molecule has 2 atom stereocenters. The summed E-state index contributed by atoms with van der Waals surface area (Å²) in [6.07, 6.45) is 6.41. The van der Waals surface area contributed by atoms with Gasteiger partial charge in [0.15, 0.2) is 0 Å². The van der Waals surface area contributed by atoms with Crippen LogP contribution in [0.15, 0.2) is 0 Å². The summed E-state index contributed by atoms with van der Waals surface area (Å²) in [6.45, 7) is 4.24. The largest absolute Gasteiger partial charge is 0.390 e. The number of methoxy groups -OCH3 is 1. The number of rotatable bonds is 8. The fraction of sp³-hybridized carbons (Fsp3) is 1.00. The zero-order valence-corrected chi connectivity index (χ0v) is 9.25. The summed E-state index contributed by atoms with van der Waals surface area (Å²) in [5.74, 6) is 0. The van der Waals surface area contributed by atoms with E-state index in [0.29, 0.717) is 0 Å². The molecule has 2 unspecified atom stereocenters. The molecule has 2 nitrogen and oxygen atoms in total. The lowest BCUT2D eigenvalue weighted by Gasteiger charge is -2.19. The first-order chi connectivity index (χ1) is 6.26. The maximum absolute atomic E-state index is 9.68. The first kappa shape index (κ1) is 12.9. The molecule has 0 heterocycles. The lowest BCUT2D eigenvalue weighted by molar-refractivity contribution is -0.0182. The number of hydrogen-bond donors (Lipinski definition) is 1. The van der Waals surface area contributed by atoms with Crippen LogP contribution in [0, 0.1) is 0 Å². The molecule has 0 radical (unpaired) electrons. The van der Waals surface area contributed by atoms with Crippen LogP contribution in [0.25, 0.3) is 0 Å². The number of unbranched alkanes of at least 4 members (excludes halogenated alkanes) is 3. The van der Waals surface area contributed by atoms with Crippen molar-refractivity contribution < 1.29 is 9.84 Å². The fourth-order valence-corrected chi connectivity index (χ4v) is 1.56. The molecule has 0 aromatic rings. The van der Waals surface area contributed by atoms with Gasteiger partial charge in [0.25, 0.3) is 0 Å². The molecule has 0 spiro atoms. The van der Waals surface area contributed by atoms with Gasteiger partial charge in [-0.2, -0.15) is 0 Å². The Balaban J connectivity index is 3.42. The van der Waals surface area contributed by atoms with Crippen LogP contribution >= 0.6 is 0 Å². The summed E-state index contributed by atoms with van der Waals surface area (Å²) in [5, 5.41) is 9.68. The fourth-order valence-electron chi connectivity index (χ4n) is 1.56. The quantitative estimate of drug-likeness (QED) is 0.593. The molecule has 0 bridgehead atoms. The highest BCUT2D eigenvalue weighted by Crippen LogP contribution is 2.11. The predicted molar refractivity (Wildman–Crippen MR) is 55.9 cm³/mol. The second-order valence-corrected chi connectivity index (χ2v) is 3.60. The summed E-state index contributed by atoms with van der Waals surface area (Å²) < 4.78 is 5.17. The average molecular weight is 188 g/mol. The van der Waals surface area contributed by atoms with E-state index in [1.807, 2.05) is 6.92 Å². The van der Waals surface area contributed by atoms with Gasteiger partial charge in [0.2, 0.25) is 0 Å². The normalized spacial score (nSPS) is 15.7. The Morgan fingerprint density at radius 1 is 1.15 bits per heavy atom. The molecule has 0 amide bonds. The molecular formula is C11H24O2. The van der Waals surface area contributed by atoms with Crippen molar-refractivity contribution in [2.24, 2.45) is 0 Å². The summed E-state index contributed by atoms with van der Waals surface area (Å²) in [5.41, 5.74) is 0. The Kier molecular flexibility index (Phi) is 8.46. The van der Waals surface area contributed by atoms with E-state index in [2.05, 4.69) is 6.92 Å². The van der Waals surface area contributed by atoms with E-state index < -0.39 is 0 Å². The van der Waals surface area contributed by atoms with Crippen molar-refractivity contribution >= 4 is 0 Å². The molecule has 0 aliphatic carbocycles. The maximum Gasteiger partial charge on any atom is 0.0827 e. The minimum Gasteiger partial charge on any atom is -0.390 e.